The first kappa shape index (κ1) is 11.7. The van der Waals surface area contributed by atoms with Crippen molar-refractivity contribution < 1.29 is 9.53 Å². The van der Waals surface area contributed by atoms with Crippen molar-refractivity contribution in [1.29, 1.82) is 0 Å². The molecule has 2 heterocycles. The van der Waals surface area contributed by atoms with Crippen LogP contribution in [-0.4, -0.2) is 24.0 Å². The molecule has 16 heavy (non-hydrogen) atoms. The largest absolute Gasteiger partial charge is 0.381 e. The zero-order valence-corrected chi connectivity index (χ0v) is 10.6. The van der Waals surface area contributed by atoms with Gasteiger partial charge in [0.2, 0.25) is 0 Å². The Bertz CT molecular complexity index is 375. The van der Waals surface area contributed by atoms with Crippen molar-refractivity contribution in [3.05, 3.63) is 28.5 Å². The molecule has 1 aliphatic rings. The highest BCUT2D eigenvalue weighted by Crippen LogP contribution is 2.18. The lowest BCUT2D eigenvalue weighted by molar-refractivity contribution is -0.119. The number of ether oxygens (including phenoxy) is 1. The number of aromatic nitrogens is 1. The molecule has 1 atom stereocenters. The second-order valence-corrected chi connectivity index (χ2v) is 5.08. The number of carbonyl (C=O) groups is 1. The van der Waals surface area contributed by atoms with E-state index in [1.54, 1.807) is 12.4 Å². The molecule has 1 unspecified atom stereocenters. The highest BCUT2D eigenvalue weighted by atomic mass is 79.9. The minimum Gasteiger partial charge on any atom is -0.381 e. The second-order valence-electron chi connectivity index (χ2n) is 4.16. The Morgan fingerprint density at radius 3 is 3.12 bits per heavy atom. The zero-order valence-electron chi connectivity index (χ0n) is 8.99. The fourth-order valence-electron chi connectivity index (χ4n) is 1.92. The summed E-state index contributed by atoms with van der Waals surface area (Å²) in [5, 5.41) is 0. The van der Waals surface area contributed by atoms with Gasteiger partial charge in [0.05, 0.1) is 0 Å². The fourth-order valence-corrected chi connectivity index (χ4v) is 2.33. The predicted molar refractivity (Wildman–Crippen MR) is 64.2 cm³/mol. The molecule has 0 amide bonds. The number of rotatable bonds is 4. The third-order valence-corrected chi connectivity index (χ3v) is 3.14. The average Bonchev–Trinajstić information content (AvgIpc) is 2.70. The fraction of sp³-hybridized carbons (Fsp3) is 0.500. The first-order chi connectivity index (χ1) is 7.74. The highest BCUT2D eigenvalue weighted by Gasteiger charge is 2.19. The van der Waals surface area contributed by atoms with E-state index in [2.05, 4.69) is 20.9 Å². The van der Waals surface area contributed by atoms with Crippen LogP contribution in [0.5, 0.6) is 0 Å². The van der Waals surface area contributed by atoms with Crippen LogP contribution in [0.3, 0.4) is 0 Å². The topological polar surface area (TPSA) is 39.2 Å². The molecule has 0 aliphatic carbocycles. The van der Waals surface area contributed by atoms with E-state index in [1.807, 2.05) is 6.07 Å². The number of carbonyl (C=O) groups excluding carboxylic acids is 1. The third kappa shape index (κ3) is 3.39. The van der Waals surface area contributed by atoms with E-state index in [-0.39, 0.29) is 5.78 Å². The quantitative estimate of drug-likeness (QED) is 0.852. The monoisotopic (exact) mass is 283 g/mol. The molecule has 3 nitrogen and oxygen atoms in total. The van der Waals surface area contributed by atoms with Crippen molar-refractivity contribution in [2.45, 2.75) is 19.3 Å². The molecule has 0 radical (unpaired) electrons. The van der Waals surface area contributed by atoms with Crippen molar-refractivity contribution in [3.8, 4) is 0 Å². The van der Waals surface area contributed by atoms with Gasteiger partial charge < -0.3 is 4.74 Å². The van der Waals surface area contributed by atoms with E-state index in [0.717, 1.165) is 29.7 Å². The molecule has 2 rings (SSSR count). The Morgan fingerprint density at radius 1 is 1.56 bits per heavy atom. The van der Waals surface area contributed by atoms with Crippen LogP contribution in [0.15, 0.2) is 22.9 Å². The van der Waals surface area contributed by atoms with Crippen LogP contribution in [0, 0.1) is 5.92 Å². The van der Waals surface area contributed by atoms with Gasteiger partial charge in [-0.05, 0) is 39.9 Å². The van der Waals surface area contributed by atoms with Crippen molar-refractivity contribution in [3.63, 3.8) is 0 Å². The number of hydrogen-bond donors (Lipinski definition) is 0. The summed E-state index contributed by atoms with van der Waals surface area (Å²) in [5.41, 5.74) is 0.971. The average molecular weight is 284 g/mol. The van der Waals surface area contributed by atoms with Gasteiger partial charge in [0.15, 0.2) is 0 Å². The van der Waals surface area contributed by atoms with E-state index in [9.17, 15) is 4.79 Å². The Kier molecular flexibility index (Phi) is 4.07. The maximum absolute atomic E-state index is 11.8. The van der Waals surface area contributed by atoms with Gasteiger partial charge in [-0.25, -0.2) is 0 Å². The standard InChI is InChI=1S/C12H14BrNO2/c13-11-3-10(6-14-7-11)5-12(15)4-9-1-2-16-8-9/h3,6-7,9H,1-2,4-5,8H2. The first-order valence-corrected chi connectivity index (χ1v) is 6.22. The zero-order chi connectivity index (χ0) is 11.4. The van der Waals surface area contributed by atoms with Crippen molar-refractivity contribution in [2.75, 3.05) is 13.2 Å². The van der Waals surface area contributed by atoms with Crippen LogP contribution in [0.4, 0.5) is 0 Å². The molecule has 1 saturated heterocycles. The molecule has 0 bridgehead atoms. The van der Waals surface area contributed by atoms with Crippen LogP contribution >= 0.6 is 15.9 Å². The predicted octanol–water partition coefficient (Wildman–Crippen LogP) is 2.38. The summed E-state index contributed by atoms with van der Waals surface area (Å²) in [6, 6.07) is 1.94. The molecule has 0 aromatic carbocycles. The number of hydrogen-bond acceptors (Lipinski definition) is 3. The maximum Gasteiger partial charge on any atom is 0.137 e. The number of pyridine rings is 1. The lowest BCUT2D eigenvalue weighted by Gasteiger charge is -2.06. The molecule has 0 saturated carbocycles. The van der Waals surface area contributed by atoms with Crippen LogP contribution in [0.25, 0.3) is 0 Å². The molecule has 1 aromatic rings. The van der Waals surface area contributed by atoms with Gasteiger partial charge in [-0.1, -0.05) is 0 Å². The Balaban J connectivity index is 1.86. The van der Waals surface area contributed by atoms with Crippen LogP contribution < -0.4 is 0 Å². The van der Waals surface area contributed by atoms with Gasteiger partial charge >= 0.3 is 0 Å². The van der Waals surface area contributed by atoms with Crippen LogP contribution in [0.2, 0.25) is 0 Å². The Morgan fingerprint density at radius 2 is 2.44 bits per heavy atom. The SMILES string of the molecule is O=C(Cc1cncc(Br)c1)CC1CCOC1. The highest BCUT2D eigenvalue weighted by molar-refractivity contribution is 9.10. The molecular weight excluding hydrogens is 270 g/mol. The van der Waals surface area contributed by atoms with Gasteiger partial charge in [0.1, 0.15) is 5.78 Å². The van der Waals surface area contributed by atoms with Crippen LogP contribution in [-0.2, 0) is 16.0 Å². The molecule has 1 aromatic heterocycles. The van der Waals surface area contributed by atoms with E-state index in [1.165, 1.54) is 0 Å². The van der Waals surface area contributed by atoms with E-state index in [0.29, 0.717) is 18.8 Å². The van der Waals surface area contributed by atoms with E-state index < -0.39 is 0 Å². The molecule has 0 spiro atoms. The smallest absolute Gasteiger partial charge is 0.137 e. The normalized spacial score (nSPS) is 19.9. The van der Waals surface area contributed by atoms with Gasteiger partial charge in [-0.3, -0.25) is 9.78 Å². The molecule has 1 aliphatic heterocycles. The Hall–Kier alpha value is -0.740. The van der Waals surface area contributed by atoms with E-state index in [4.69, 9.17) is 4.74 Å². The minimum atomic E-state index is 0.274. The molecule has 0 N–H and O–H groups in total. The first-order valence-electron chi connectivity index (χ1n) is 5.43. The van der Waals surface area contributed by atoms with Crippen molar-refractivity contribution >= 4 is 21.7 Å². The molecule has 1 fully saturated rings. The number of nitrogens with zero attached hydrogens (tertiary/aromatic N) is 1. The number of ketones is 1. The second kappa shape index (κ2) is 5.55. The number of Topliss-reactive ketones (excluding diaryl/α,β-unsaturated/α-hetero) is 1. The minimum absolute atomic E-state index is 0.274. The summed E-state index contributed by atoms with van der Waals surface area (Å²) >= 11 is 3.35. The lowest BCUT2D eigenvalue weighted by Crippen LogP contribution is -2.10. The van der Waals surface area contributed by atoms with Gasteiger partial charge in [-0.2, -0.15) is 0 Å². The Labute approximate surface area is 103 Å². The van der Waals surface area contributed by atoms with Crippen LogP contribution in [0.1, 0.15) is 18.4 Å². The molecular formula is C12H14BrNO2. The summed E-state index contributed by atoms with van der Waals surface area (Å²) in [7, 11) is 0. The summed E-state index contributed by atoms with van der Waals surface area (Å²) in [6.45, 7) is 1.54. The summed E-state index contributed by atoms with van der Waals surface area (Å²) < 4.78 is 6.17. The third-order valence-electron chi connectivity index (χ3n) is 2.70. The maximum atomic E-state index is 11.8. The van der Waals surface area contributed by atoms with Crippen molar-refractivity contribution in [1.82, 2.24) is 4.98 Å². The summed E-state index contributed by atoms with van der Waals surface area (Å²) in [5.74, 6) is 0.697. The summed E-state index contributed by atoms with van der Waals surface area (Å²) in [4.78, 5) is 15.8. The van der Waals surface area contributed by atoms with E-state index >= 15 is 0 Å². The number of halogens is 1. The van der Waals surface area contributed by atoms with Gasteiger partial charge in [0, 0.05) is 42.9 Å². The van der Waals surface area contributed by atoms with Crippen molar-refractivity contribution in [2.24, 2.45) is 5.92 Å². The summed E-state index contributed by atoms with van der Waals surface area (Å²) in [6.07, 6.45) is 5.59. The molecule has 4 heteroatoms. The van der Waals surface area contributed by atoms with Gasteiger partial charge in [0.25, 0.3) is 0 Å². The molecule has 86 valence electrons. The lowest BCUT2D eigenvalue weighted by atomic mass is 9.98. The van der Waals surface area contributed by atoms with Gasteiger partial charge in [-0.15, -0.1) is 0 Å².